The van der Waals surface area contributed by atoms with Gasteiger partial charge in [-0.05, 0) is 48.7 Å². The summed E-state index contributed by atoms with van der Waals surface area (Å²) in [7, 11) is 0.949. The molecule has 2 aromatic rings. The van der Waals surface area contributed by atoms with Crippen LogP contribution >= 0.6 is 0 Å². The molecule has 0 spiro atoms. The van der Waals surface area contributed by atoms with Gasteiger partial charge in [0.05, 0.1) is 4.90 Å². The Balaban J connectivity index is 2.10. The molecule has 24 heavy (non-hydrogen) atoms. The number of rotatable bonds is 6. The lowest BCUT2D eigenvalue weighted by Gasteiger charge is -2.21. The third-order valence-electron chi connectivity index (χ3n) is 4.13. The van der Waals surface area contributed by atoms with Crippen molar-refractivity contribution in [3.8, 4) is 0 Å². The fourth-order valence-corrected chi connectivity index (χ4v) is 3.25. The van der Waals surface area contributed by atoms with Crippen molar-refractivity contribution in [2.75, 3.05) is 25.3 Å². The van der Waals surface area contributed by atoms with Crippen molar-refractivity contribution in [3.63, 3.8) is 0 Å². The minimum atomic E-state index is -3.15. The van der Waals surface area contributed by atoms with Crippen LogP contribution in [-0.4, -0.2) is 28.8 Å². The first kappa shape index (κ1) is 18.5. The zero-order valence-corrected chi connectivity index (χ0v) is 15.8. The Kier molecular flexibility index (Phi) is 5.67. The lowest BCUT2D eigenvalue weighted by Crippen LogP contribution is -2.20. The average Bonchev–Trinajstić information content (AvgIpc) is 2.52. The Labute approximate surface area is 145 Å². The van der Waals surface area contributed by atoms with Crippen molar-refractivity contribution in [2.45, 2.75) is 31.3 Å². The molecule has 5 heteroatoms. The Morgan fingerprint density at radius 3 is 2.25 bits per heavy atom. The zero-order valence-electron chi connectivity index (χ0n) is 15.0. The number of sulfone groups is 1. The Bertz CT molecular complexity index is 797. The monoisotopic (exact) mass is 346 g/mol. The standard InChI is InChI=1S/C19H26N2O2S/c1-14-6-7-17(19(12-14)21(3)4)13-20-15(2)16-8-10-18(11-9-16)24(5,22)23/h6-12,15,20H,13H2,1-5H3/t15-/m1/s1. The molecule has 2 rings (SSSR count). The van der Waals surface area contributed by atoms with E-state index in [2.05, 4.69) is 42.3 Å². The quantitative estimate of drug-likeness (QED) is 0.872. The highest BCUT2D eigenvalue weighted by Crippen LogP contribution is 2.22. The molecule has 0 amide bonds. The lowest BCUT2D eigenvalue weighted by atomic mass is 10.1. The van der Waals surface area contributed by atoms with Crippen molar-refractivity contribution in [3.05, 3.63) is 59.2 Å². The van der Waals surface area contributed by atoms with Crippen molar-refractivity contribution in [1.82, 2.24) is 5.32 Å². The summed E-state index contributed by atoms with van der Waals surface area (Å²) in [6, 6.07) is 13.7. The van der Waals surface area contributed by atoms with E-state index in [0.717, 1.165) is 12.1 Å². The van der Waals surface area contributed by atoms with Gasteiger partial charge in [-0.1, -0.05) is 24.3 Å². The third-order valence-corrected chi connectivity index (χ3v) is 5.26. The topological polar surface area (TPSA) is 49.4 Å². The molecule has 0 aliphatic rings. The van der Waals surface area contributed by atoms with E-state index in [-0.39, 0.29) is 6.04 Å². The van der Waals surface area contributed by atoms with Crippen LogP contribution in [0, 0.1) is 6.92 Å². The molecule has 0 bridgehead atoms. The Hall–Kier alpha value is -1.85. The lowest BCUT2D eigenvalue weighted by molar-refractivity contribution is 0.573. The van der Waals surface area contributed by atoms with E-state index in [9.17, 15) is 8.42 Å². The predicted molar refractivity (Wildman–Crippen MR) is 100 cm³/mol. The fraction of sp³-hybridized carbons (Fsp3) is 0.368. The zero-order chi connectivity index (χ0) is 17.9. The molecule has 0 saturated heterocycles. The van der Waals surface area contributed by atoms with Crippen molar-refractivity contribution >= 4 is 15.5 Å². The molecule has 0 aliphatic heterocycles. The molecule has 0 unspecified atom stereocenters. The highest BCUT2D eigenvalue weighted by Gasteiger charge is 2.11. The number of anilines is 1. The van der Waals surface area contributed by atoms with Gasteiger partial charge in [0.25, 0.3) is 0 Å². The molecule has 2 aromatic carbocycles. The van der Waals surface area contributed by atoms with E-state index in [1.807, 2.05) is 26.2 Å². The van der Waals surface area contributed by atoms with E-state index in [0.29, 0.717) is 4.90 Å². The Morgan fingerprint density at radius 1 is 1.08 bits per heavy atom. The van der Waals surface area contributed by atoms with Crippen LogP contribution in [0.5, 0.6) is 0 Å². The van der Waals surface area contributed by atoms with Gasteiger partial charge in [0.1, 0.15) is 0 Å². The third kappa shape index (κ3) is 4.58. The van der Waals surface area contributed by atoms with Crippen molar-refractivity contribution in [2.24, 2.45) is 0 Å². The van der Waals surface area contributed by atoms with E-state index in [4.69, 9.17) is 0 Å². The average molecular weight is 346 g/mol. The SMILES string of the molecule is Cc1ccc(CN[C@H](C)c2ccc(S(C)(=O)=O)cc2)c(N(C)C)c1. The second kappa shape index (κ2) is 7.36. The van der Waals surface area contributed by atoms with Crippen LogP contribution < -0.4 is 10.2 Å². The van der Waals surface area contributed by atoms with Gasteiger partial charge in [0.15, 0.2) is 9.84 Å². The minimum absolute atomic E-state index is 0.134. The molecule has 130 valence electrons. The number of benzene rings is 2. The molecular weight excluding hydrogens is 320 g/mol. The van der Waals surface area contributed by atoms with Crippen LogP contribution in [0.2, 0.25) is 0 Å². The Morgan fingerprint density at radius 2 is 1.71 bits per heavy atom. The highest BCUT2D eigenvalue weighted by molar-refractivity contribution is 7.90. The molecule has 0 radical (unpaired) electrons. The van der Waals surface area contributed by atoms with Gasteiger partial charge in [-0.15, -0.1) is 0 Å². The van der Waals surface area contributed by atoms with Crippen LogP contribution in [0.1, 0.15) is 29.7 Å². The fourth-order valence-electron chi connectivity index (χ4n) is 2.62. The van der Waals surface area contributed by atoms with Gasteiger partial charge in [0, 0.05) is 38.6 Å². The molecule has 1 atom stereocenters. The van der Waals surface area contributed by atoms with Gasteiger partial charge in [-0.25, -0.2) is 8.42 Å². The maximum Gasteiger partial charge on any atom is 0.175 e. The van der Waals surface area contributed by atoms with Gasteiger partial charge in [-0.3, -0.25) is 0 Å². The van der Waals surface area contributed by atoms with Gasteiger partial charge in [0.2, 0.25) is 0 Å². The van der Waals surface area contributed by atoms with Gasteiger partial charge >= 0.3 is 0 Å². The number of hydrogen-bond acceptors (Lipinski definition) is 4. The molecule has 4 nitrogen and oxygen atoms in total. The summed E-state index contributed by atoms with van der Waals surface area (Å²) >= 11 is 0. The minimum Gasteiger partial charge on any atom is -0.377 e. The number of hydrogen-bond donors (Lipinski definition) is 1. The molecule has 0 aromatic heterocycles. The first-order chi connectivity index (χ1) is 11.2. The van der Waals surface area contributed by atoms with Gasteiger partial charge < -0.3 is 10.2 Å². The summed E-state index contributed by atoms with van der Waals surface area (Å²) in [4.78, 5) is 2.47. The van der Waals surface area contributed by atoms with Crippen molar-refractivity contribution in [1.29, 1.82) is 0 Å². The number of nitrogens with zero attached hydrogens (tertiary/aromatic N) is 1. The normalized spacial score (nSPS) is 12.9. The summed E-state index contributed by atoms with van der Waals surface area (Å²) in [5.74, 6) is 0. The van der Waals surface area contributed by atoms with Crippen LogP contribution in [0.15, 0.2) is 47.4 Å². The highest BCUT2D eigenvalue weighted by atomic mass is 32.2. The summed E-state index contributed by atoms with van der Waals surface area (Å²) in [6.07, 6.45) is 1.23. The first-order valence-electron chi connectivity index (χ1n) is 7.98. The van der Waals surface area contributed by atoms with Gasteiger partial charge in [-0.2, -0.15) is 0 Å². The largest absolute Gasteiger partial charge is 0.377 e. The second-order valence-corrected chi connectivity index (χ2v) is 8.49. The summed E-state index contributed by atoms with van der Waals surface area (Å²) in [5, 5.41) is 3.51. The van der Waals surface area contributed by atoms with Crippen LogP contribution in [0.4, 0.5) is 5.69 Å². The maximum atomic E-state index is 11.5. The van der Waals surface area contributed by atoms with Crippen molar-refractivity contribution < 1.29 is 8.42 Å². The van der Waals surface area contributed by atoms with E-state index in [1.54, 1.807) is 12.1 Å². The van der Waals surface area contributed by atoms with E-state index < -0.39 is 9.84 Å². The smallest absolute Gasteiger partial charge is 0.175 e. The predicted octanol–water partition coefficient (Wildman–Crippen LogP) is 3.32. The summed E-state index contributed by atoms with van der Waals surface area (Å²) in [5.41, 5.74) is 4.76. The van der Waals surface area contributed by atoms with E-state index >= 15 is 0 Å². The summed E-state index contributed by atoms with van der Waals surface area (Å²) < 4.78 is 23.1. The maximum absolute atomic E-state index is 11.5. The molecule has 0 heterocycles. The molecule has 1 N–H and O–H groups in total. The number of aryl methyl sites for hydroxylation is 1. The summed E-state index contributed by atoms with van der Waals surface area (Å²) in [6.45, 7) is 4.93. The molecule has 0 aliphatic carbocycles. The number of nitrogens with one attached hydrogen (secondary N) is 1. The first-order valence-corrected chi connectivity index (χ1v) is 9.88. The van der Waals surface area contributed by atoms with E-state index in [1.165, 1.54) is 23.1 Å². The molecule has 0 saturated carbocycles. The molecular formula is C19H26N2O2S. The van der Waals surface area contributed by atoms with Crippen LogP contribution in [-0.2, 0) is 16.4 Å². The van der Waals surface area contributed by atoms with Crippen LogP contribution in [0.25, 0.3) is 0 Å². The molecule has 0 fully saturated rings. The van der Waals surface area contributed by atoms with Crippen LogP contribution in [0.3, 0.4) is 0 Å². The second-order valence-electron chi connectivity index (χ2n) is 6.47.